The predicted molar refractivity (Wildman–Crippen MR) is 76.8 cm³/mol. The molecule has 0 saturated carbocycles. The highest BCUT2D eigenvalue weighted by molar-refractivity contribution is 6.09. The van der Waals surface area contributed by atoms with Crippen LogP contribution in [0.2, 0.25) is 0 Å². The molecule has 0 fully saturated rings. The molecule has 2 rings (SSSR count). The van der Waals surface area contributed by atoms with E-state index in [-0.39, 0.29) is 5.57 Å². The van der Waals surface area contributed by atoms with Gasteiger partial charge in [0.25, 0.3) is 5.91 Å². The van der Waals surface area contributed by atoms with Gasteiger partial charge in [-0.05, 0) is 37.6 Å². The topological polar surface area (TPSA) is 66.0 Å². The first kappa shape index (κ1) is 13.6. The molecular weight excluding hydrogens is 252 g/mol. The maximum atomic E-state index is 12.1. The van der Waals surface area contributed by atoms with E-state index in [1.165, 1.54) is 6.08 Å². The Kier molecular flexibility index (Phi) is 4.02. The van der Waals surface area contributed by atoms with Crippen LogP contribution < -0.4 is 5.32 Å². The number of amides is 1. The van der Waals surface area contributed by atoms with Crippen LogP contribution in [0.4, 0.5) is 5.69 Å². The fourth-order valence-electron chi connectivity index (χ4n) is 1.72. The third kappa shape index (κ3) is 3.15. The minimum absolute atomic E-state index is 0.00241. The molecule has 0 aliphatic rings. The Morgan fingerprint density at radius 3 is 2.60 bits per heavy atom. The fraction of sp³-hybridized carbons (Fsp3) is 0.125. The van der Waals surface area contributed by atoms with Crippen LogP contribution in [0.5, 0.6) is 0 Å². The molecule has 1 amide bonds. The molecule has 100 valence electrons. The summed E-state index contributed by atoms with van der Waals surface area (Å²) in [6.45, 7) is 3.69. The van der Waals surface area contributed by atoms with Gasteiger partial charge in [0.2, 0.25) is 0 Å². The number of nitrogens with one attached hydrogen (secondary N) is 1. The Bertz CT molecular complexity index is 705. The van der Waals surface area contributed by atoms with Gasteiger partial charge in [0.1, 0.15) is 23.2 Å². The van der Waals surface area contributed by atoms with Gasteiger partial charge in [-0.1, -0.05) is 18.2 Å². The van der Waals surface area contributed by atoms with Crippen LogP contribution in [0.15, 0.2) is 46.4 Å². The van der Waals surface area contributed by atoms with E-state index in [4.69, 9.17) is 9.68 Å². The summed E-state index contributed by atoms with van der Waals surface area (Å²) in [6.07, 6.45) is 1.43. The lowest BCUT2D eigenvalue weighted by molar-refractivity contribution is -0.112. The van der Waals surface area contributed by atoms with Gasteiger partial charge in [-0.15, -0.1) is 0 Å². The van der Waals surface area contributed by atoms with E-state index in [0.717, 1.165) is 11.3 Å². The fourth-order valence-corrected chi connectivity index (χ4v) is 1.72. The summed E-state index contributed by atoms with van der Waals surface area (Å²) in [5.74, 6) is 0.766. The Balaban J connectivity index is 2.21. The number of anilines is 1. The van der Waals surface area contributed by atoms with E-state index in [2.05, 4.69) is 5.32 Å². The number of nitriles is 1. The molecule has 2 aromatic rings. The summed E-state index contributed by atoms with van der Waals surface area (Å²) < 4.78 is 5.33. The third-order valence-electron chi connectivity index (χ3n) is 2.81. The lowest BCUT2D eigenvalue weighted by Gasteiger charge is -2.06. The molecule has 0 aliphatic heterocycles. The normalized spacial score (nSPS) is 10.9. The maximum Gasteiger partial charge on any atom is 0.266 e. The van der Waals surface area contributed by atoms with Crippen molar-refractivity contribution >= 4 is 17.7 Å². The standard InChI is InChI=1S/C16H14N2O2/c1-11-5-3-4-6-15(11)18-16(19)13(10-17)9-14-8-7-12(2)20-14/h3-9H,1-2H3,(H,18,19)/b13-9-. The van der Waals surface area contributed by atoms with E-state index in [1.54, 1.807) is 25.1 Å². The number of nitrogens with zero attached hydrogens (tertiary/aromatic N) is 1. The van der Waals surface area contributed by atoms with Crippen molar-refractivity contribution in [3.05, 3.63) is 59.1 Å². The molecule has 1 aromatic carbocycles. The zero-order chi connectivity index (χ0) is 14.5. The van der Waals surface area contributed by atoms with Gasteiger partial charge in [-0.25, -0.2) is 0 Å². The predicted octanol–water partition coefficient (Wildman–Crippen LogP) is 3.44. The van der Waals surface area contributed by atoms with Gasteiger partial charge >= 0.3 is 0 Å². The highest BCUT2D eigenvalue weighted by Crippen LogP contribution is 2.16. The van der Waals surface area contributed by atoms with Crippen molar-refractivity contribution in [1.29, 1.82) is 5.26 Å². The number of hydrogen-bond acceptors (Lipinski definition) is 3. The summed E-state index contributed by atoms with van der Waals surface area (Å²) in [5.41, 5.74) is 1.63. The number of carbonyl (C=O) groups is 1. The highest BCUT2D eigenvalue weighted by Gasteiger charge is 2.11. The van der Waals surface area contributed by atoms with Gasteiger partial charge in [0, 0.05) is 11.8 Å². The van der Waals surface area contributed by atoms with Crippen LogP contribution in [0.3, 0.4) is 0 Å². The van der Waals surface area contributed by atoms with Crippen LogP contribution in [-0.2, 0) is 4.79 Å². The molecule has 1 N–H and O–H groups in total. The monoisotopic (exact) mass is 266 g/mol. The van der Waals surface area contributed by atoms with E-state index in [9.17, 15) is 4.79 Å². The van der Waals surface area contributed by atoms with Gasteiger partial charge in [0.05, 0.1) is 0 Å². The van der Waals surface area contributed by atoms with Gasteiger partial charge < -0.3 is 9.73 Å². The number of para-hydroxylation sites is 1. The lowest BCUT2D eigenvalue weighted by Crippen LogP contribution is -2.14. The molecule has 4 heteroatoms. The van der Waals surface area contributed by atoms with Crippen LogP contribution in [0, 0.1) is 25.2 Å². The molecule has 0 radical (unpaired) electrons. The first-order valence-corrected chi connectivity index (χ1v) is 6.15. The average molecular weight is 266 g/mol. The highest BCUT2D eigenvalue weighted by atomic mass is 16.3. The summed E-state index contributed by atoms with van der Waals surface area (Å²) in [7, 11) is 0. The van der Waals surface area contributed by atoms with E-state index in [0.29, 0.717) is 11.4 Å². The Morgan fingerprint density at radius 1 is 1.25 bits per heavy atom. The largest absolute Gasteiger partial charge is 0.462 e. The van der Waals surface area contributed by atoms with E-state index in [1.807, 2.05) is 31.2 Å². The number of benzene rings is 1. The number of aryl methyl sites for hydroxylation is 2. The van der Waals surface area contributed by atoms with E-state index < -0.39 is 5.91 Å². The second-order valence-electron chi connectivity index (χ2n) is 4.39. The summed E-state index contributed by atoms with van der Waals surface area (Å²) in [6, 6.07) is 12.8. The van der Waals surface area contributed by atoms with Crippen LogP contribution in [-0.4, -0.2) is 5.91 Å². The average Bonchev–Trinajstić information content (AvgIpc) is 2.84. The number of furan rings is 1. The summed E-state index contributed by atoms with van der Waals surface area (Å²) in [4.78, 5) is 12.1. The van der Waals surface area contributed by atoms with Crippen LogP contribution in [0.1, 0.15) is 17.1 Å². The molecule has 4 nitrogen and oxygen atoms in total. The second kappa shape index (κ2) is 5.89. The van der Waals surface area contributed by atoms with Crippen molar-refractivity contribution in [2.75, 3.05) is 5.32 Å². The summed E-state index contributed by atoms with van der Waals surface area (Å²) in [5, 5.41) is 11.8. The maximum absolute atomic E-state index is 12.1. The second-order valence-corrected chi connectivity index (χ2v) is 4.39. The quantitative estimate of drug-likeness (QED) is 0.683. The smallest absolute Gasteiger partial charge is 0.266 e. The molecule has 20 heavy (non-hydrogen) atoms. The molecule has 0 bridgehead atoms. The molecule has 0 saturated heterocycles. The van der Waals surface area contributed by atoms with Gasteiger partial charge in [-0.3, -0.25) is 4.79 Å². The first-order valence-electron chi connectivity index (χ1n) is 6.15. The molecule has 0 aliphatic carbocycles. The van der Waals surface area contributed by atoms with Gasteiger partial charge in [0.15, 0.2) is 0 Å². The summed E-state index contributed by atoms with van der Waals surface area (Å²) >= 11 is 0. The van der Waals surface area contributed by atoms with Crippen LogP contribution in [0.25, 0.3) is 6.08 Å². The SMILES string of the molecule is Cc1ccc(/C=C(/C#N)C(=O)Nc2ccccc2C)o1. The van der Waals surface area contributed by atoms with Crippen molar-refractivity contribution in [3.8, 4) is 6.07 Å². The van der Waals surface area contributed by atoms with Crippen molar-refractivity contribution < 1.29 is 9.21 Å². The van der Waals surface area contributed by atoms with Crippen LogP contribution >= 0.6 is 0 Å². The first-order chi connectivity index (χ1) is 9.60. The Labute approximate surface area is 117 Å². The number of rotatable bonds is 3. The number of hydrogen-bond donors (Lipinski definition) is 1. The third-order valence-corrected chi connectivity index (χ3v) is 2.81. The minimum Gasteiger partial charge on any atom is -0.462 e. The molecular formula is C16H14N2O2. The van der Waals surface area contributed by atoms with E-state index >= 15 is 0 Å². The van der Waals surface area contributed by atoms with Crippen molar-refractivity contribution in [3.63, 3.8) is 0 Å². The molecule has 0 atom stereocenters. The van der Waals surface area contributed by atoms with Crippen molar-refractivity contribution in [2.45, 2.75) is 13.8 Å². The zero-order valence-electron chi connectivity index (χ0n) is 11.3. The molecule has 1 aromatic heterocycles. The minimum atomic E-state index is -0.448. The lowest BCUT2D eigenvalue weighted by atomic mass is 10.2. The van der Waals surface area contributed by atoms with Crippen molar-refractivity contribution in [1.82, 2.24) is 0 Å². The molecule has 0 spiro atoms. The van der Waals surface area contributed by atoms with Crippen molar-refractivity contribution in [2.24, 2.45) is 0 Å². The Hall–Kier alpha value is -2.80. The molecule has 0 unspecified atom stereocenters. The zero-order valence-corrected chi connectivity index (χ0v) is 11.3. The Morgan fingerprint density at radius 2 is 2.00 bits per heavy atom. The number of carbonyl (C=O) groups excluding carboxylic acids is 1. The van der Waals surface area contributed by atoms with Gasteiger partial charge in [-0.2, -0.15) is 5.26 Å². The molecule has 1 heterocycles.